The fourth-order valence-electron chi connectivity index (χ4n) is 2.73. The molecule has 0 heterocycles. The van der Waals surface area contributed by atoms with Crippen molar-refractivity contribution >= 4 is 0 Å². The molecule has 0 amide bonds. The van der Waals surface area contributed by atoms with Gasteiger partial charge in [0.25, 0.3) is 0 Å². The highest BCUT2D eigenvalue weighted by Crippen LogP contribution is 2.31. The molecule has 0 spiro atoms. The molecule has 0 aromatic rings. The highest BCUT2D eigenvalue weighted by Gasteiger charge is 2.33. The second-order valence-electron chi connectivity index (χ2n) is 5.81. The molecule has 0 aromatic carbocycles. The van der Waals surface area contributed by atoms with Crippen LogP contribution in [0.4, 0.5) is 0 Å². The Kier molecular flexibility index (Phi) is 12.5. The third kappa shape index (κ3) is 8.23. The Morgan fingerprint density at radius 3 is 1.90 bits per heavy atom. The minimum Gasteiger partial charge on any atom is -0.385 e. The van der Waals surface area contributed by atoms with Crippen molar-refractivity contribution in [3.8, 4) is 0 Å². The van der Waals surface area contributed by atoms with Crippen molar-refractivity contribution in [1.82, 2.24) is 0 Å². The number of unbranched alkanes of at least 4 members (excludes halogenated alkanes) is 5. The summed E-state index contributed by atoms with van der Waals surface area (Å²) in [6.45, 7) is 5.13. The molecule has 0 aliphatic rings. The van der Waals surface area contributed by atoms with Crippen LogP contribution in [0.2, 0.25) is 0 Å². The van der Waals surface area contributed by atoms with Gasteiger partial charge in [-0.25, -0.2) is 0 Å². The van der Waals surface area contributed by atoms with Gasteiger partial charge >= 0.3 is 0 Å². The van der Waals surface area contributed by atoms with Gasteiger partial charge < -0.3 is 14.2 Å². The Morgan fingerprint density at radius 1 is 0.800 bits per heavy atom. The van der Waals surface area contributed by atoms with Crippen LogP contribution in [0, 0.1) is 5.92 Å². The van der Waals surface area contributed by atoms with Gasteiger partial charge in [-0.3, -0.25) is 0 Å². The van der Waals surface area contributed by atoms with Crippen molar-refractivity contribution in [2.45, 2.75) is 77.4 Å². The second kappa shape index (κ2) is 12.6. The Hall–Kier alpha value is -0.120. The third-order valence-electron chi connectivity index (χ3n) is 4.36. The highest BCUT2D eigenvalue weighted by atomic mass is 16.7. The average molecular weight is 288 g/mol. The molecular weight excluding hydrogens is 252 g/mol. The van der Waals surface area contributed by atoms with Crippen LogP contribution in [0.5, 0.6) is 0 Å². The van der Waals surface area contributed by atoms with E-state index in [9.17, 15) is 0 Å². The predicted octanol–water partition coefficient (Wildman–Crippen LogP) is 4.79. The Balaban J connectivity index is 4.10. The number of methoxy groups -OCH3 is 3. The lowest BCUT2D eigenvalue weighted by atomic mass is 9.88. The maximum absolute atomic E-state index is 5.61. The Morgan fingerprint density at radius 2 is 1.35 bits per heavy atom. The minimum absolute atomic E-state index is 0.443. The fraction of sp³-hybridized carbons (Fsp3) is 1.00. The van der Waals surface area contributed by atoms with E-state index >= 15 is 0 Å². The quantitative estimate of drug-likeness (QED) is 0.340. The van der Waals surface area contributed by atoms with Gasteiger partial charge in [-0.05, 0) is 26.2 Å². The van der Waals surface area contributed by atoms with Crippen molar-refractivity contribution in [2.24, 2.45) is 5.92 Å². The maximum atomic E-state index is 5.61. The number of ether oxygens (including phenoxy) is 3. The number of hydrogen-bond acceptors (Lipinski definition) is 3. The van der Waals surface area contributed by atoms with Crippen LogP contribution in [-0.2, 0) is 14.2 Å². The lowest BCUT2D eigenvalue weighted by Crippen LogP contribution is -2.39. The van der Waals surface area contributed by atoms with Gasteiger partial charge in [0.15, 0.2) is 5.79 Å². The summed E-state index contributed by atoms with van der Waals surface area (Å²) in [7, 11) is 5.25. The van der Waals surface area contributed by atoms with Crippen LogP contribution >= 0.6 is 0 Å². The maximum Gasteiger partial charge on any atom is 0.167 e. The van der Waals surface area contributed by atoms with E-state index in [1.165, 1.54) is 44.9 Å². The van der Waals surface area contributed by atoms with Crippen LogP contribution in [0.1, 0.15) is 71.6 Å². The molecule has 1 atom stereocenters. The molecule has 0 saturated heterocycles. The summed E-state index contributed by atoms with van der Waals surface area (Å²) in [6.07, 6.45) is 11.3. The van der Waals surface area contributed by atoms with Crippen LogP contribution in [-0.4, -0.2) is 33.7 Å². The lowest BCUT2D eigenvalue weighted by molar-refractivity contribution is -0.230. The summed E-state index contributed by atoms with van der Waals surface area (Å²) in [4.78, 5) is 0. The molecule has 122 valence electrons. The summed E-state index contributed by atoms with van der Waals surface area (Å²) < 4.78 is 16.4. The molecule has 0 bridgehead atoms. The van der Waals surface area contributed by atoms with E-state index in [1.54, 1.807) is 21.3 Å². The smallest absolute Gasteiger partial charge is 0.167 e. The largest absolute Gasteiger partial charge is 0.385 e. The van der Waals surface area contributed by atoms with Gasteiger partial charge in [-0.15, -0.1) is 0 Å². The van der Waals surface area contributed by atoms with E-state index in [-0.39, 0.29) is 0 Å². The van der Waals surface area contributed by atoms with Gasteiger partial charge in [0, 0.05) is 33.9 Å². The Labute approximate surface area is 126 Å². The standard InChI is InChI=1S/C17H36O3/c1-6-7-8-9-10-11-13-16(14-12-15-18-3)17(2,19-4)20-5/h16H,6-15H2,1-5H3. The molecule has 1 unspecified atom stereocenters. The highest BCUT2D eigenvalue weighted by molar-refractivity contribution is 4.75. The molecule has 3 nitrogen and oxygen atoms in total. The molecule has 0 aliphatic heterocycles. The number of rotatable bonds is 14. The predicted molar refractivity (Wildman–Crippen MR) is 85.0 cm³/mol. The third-order valence-corrected chi connectivity index (χ3v) is 4.36. The lowest BCUT2D eigenvalue weighted by Gasteiger charge is -2.35. The second-order valence-corrected chi connectivity index (χ2v) is 5.81. The molecule has 0 saturated carbocycles. The van der Waals surface area contributed by atoms with E-state index in [4.69, 9.17) is 14.2 Å². The summed E-state index contributed by atoms with van der Waals surface area (Å²) >= 11 is 0. The van der Waals surface area contributed by atoms with Gasteiger partial charge in [0.1, 0.15) is 0 Å². The molecule has 0 radical (unpaired) electrons. The summed E-state index contributed by atoms with van der Waals surface area (Å²) in [5.41, 5.74) is 0. The first kappa shape index (κ1) is 19.9. The summed E-state index contributed by atoms with van der Waals surface area (Å²) in [5, 5.41) is 0. The van der Waals surface area contributed by atoms with Gasteiger partial charge in [-0.1, -0.05) is 45.4 Å². The molecule has 0 N–H and O–H groups in total. The van der Waals surface area contributed by atoms with E-state index < -0.39 is 5.79 Å². The van der Waals surface area contributed by atoms with Crippen molar-refractivity contribution < 1.29 is 14.2 Å². The summed E-state index contributed by atoms with van der Waals surface area (Å²) in [5.74, 6) is -0.0178. The van der Waals surface area contributed by atoms with Gasteiger partial charge in [0.05, 0.1) is 0 Å². The zero-order valence-corrected chi connectivity index (χ0v) is 14.4. The first-order valence-corrected chi connectivity index (χ1v) is 8.23. The van der Waals surface area contributed by atoms with Crippen LogP contribution < -0.4 is 0 Å². The van der Waals surface area contributed by atoms with Gasteiger partial charge in [-0.2, -0.15) is 0 Å². The number of hydrogen-bond donors (Lipinski definition) is 0. The SMILES string of the molecule is CCCCCCCCC(CCCOC)C(C)(OC)OC. The van der Waals surface area contributed by atoms with E-state index in [2.05, 4.69) is 13.8 Å². The fourth-order valence-corrected chi connectivity index (χ4v) is 2.73. The molecule has 0 rings (SSSR count). The van der Waals surface area contributed by atoms with E-state index in [0.29, 0.717) is 5.92 Å². The average Bonchev–Trinajstić information content (AvgIpc) is 2.48. The first-order valence-electron chi connectivity index (χ1n) is 8.23. The van der Waals surface area contributed by atoms with E-state index in [0.717, 1.165) is 19.4 Å². The van der Waals surface area contributed by atoms with Crippen molar-refractivity contribution in [3.63, 3.8) is 0 Å². The zero-order valence-electron chi connectivity index (χ0n) is 14.4. The van der Waals surface area contributed by atoms with Crippen molar-refractivity contribution in [3.05, 3.63) is 0 Å². The minimum atomic E-state index is -0.461. The normalized spacial score (nSPS) is 13.7. The Bertz CT molecular complexity index is 202. The molecule has 3 heteroatoms. The molecule has 20 heavy (non-hydrogen) atoms. The van der Waals surface area contributed by atoms with Crippen molar-refractivity contribution in [1.29, 1.82) is 0 Å². The zero-order chi connectivity index (χ0) is 15.3. The van der Waals surface area contributed by atoms with Crippen LogP contribution in [0.25, 0.3) is 0 Å². The monoisotopic (exact) mass is 288 g/mol. The topological polar surface area (TPSA) is 27.7 Å². The molecule has 0 aliphatic carbocycles. The van der Waals surface area contributed by atoms with E-state index in [1.807, 2.05) is 0 Å². The van der Waals surface area contributed by atoms with Gasteiger partial charge in [0.2, 0.25) is 0 Å². The van der Waals surface area contributed by atoms with Crippen LogP contribution in [0.15, 0.2) is 0 Å². The molecule has 0 aromatic heterocycles. The van der Waals surface area contributed by atoms with Crippen molar-refractivity contribution in [2.75, 3.05) is 27.9 Å². The van der Waals surface area contributed by atoms with Crippen LogP contribution in [0.3, 0.4) is 0 Å². The molecule has 0 fully saturated rings. The molecular formula is C17H36O3. The first-order chi connectivity index (χ1) is 9.64. The summed E-state index contributed by atoms with van der Waals surface area (Å²) in [6, 6.07) is 0.